The molecule has 2 aromatic carbocycles. The van der Waals surface area contributed by atoms with Crippen LogP contribution in [0.3, 0.4) is 0 Å². The van der Waals surface area contributed by atoms with Crippen molar-refractivity contribution in [2.45, 2.75) is 299 Å². The van der Waals surface area contributed by atoms with E-state index in [1.807, 2.05) is 53.3 Å². The molecule has 5 heterocycles. The number of aryl methyl sites for hydroxylation is 1. The first kappa shape index (κ1) is 93.1. The number of halogens is 12. The number of methoxy groups -OCH3 is 2. The molecule has 5 aliphatic heterocycles. The summed E-state index contributed by atoms with van der Waals surface area (Å²) in [5.41, 5.74) is -4.60. The molecule has 0 aliphatic carbocycles. The Labute approximate surface area is 633 Å². The van der Waals surface area contributed by atoms with E-state index in [2.05, 4.69) is 35.5 Å². The third kappa shape index (κ3) is 24.3. The van der Waals surface area contributed by atoms with Crippen LogP contribution in [0.5, 0.6) is 0 Å². The molecule has 0 bridgehead atoms. The summed E-state index contributed by atoms with van der Waals surface area (Å²) in [5, 5.41) is 12.9. The number of hydroxylamine groups is 2. The van der Waals surface area contributed by atoms with Gasteiger partial charge in [-0.1, -0.05) is 6.42 Å². The molecule has 604 valence electrons. The number of rotatable bonds is 43. The summed E-state index contributed by atoms with van der Waals surface area (Å²) in [6.07, 6.45) is -8.36. The molecule has 0 saturated carbocycles. The number of benzene rings is 2. The quantitative estimate of drug-likeness (QED) is 0.0104. The second kappa shape index (κ2) is 43.5. The molecule has 106 heavy (non-hydrogen) atoms. The van der Waals surface area contributed by atoms with Gasteiger partial charge in [-0.3, -0.25) is 9.59 Å². The minimum atomic E-state index is -5.82. The van der Waals surface area contributed by atoms with Gasteiger partial charge in [-0.25, -0.2) is 14.4 Å². The van der Waals surface area contributed by atoms with Crippen molar-refractivity contribution in [3.05, 3.63) is 58.7 Å². The third-order valence-corrected chi connectivity index (χ3v) is 55.3. The molecule has 0 spiro atoms. The maximum atomic E-state index is 15.1. The molecular weight excluding hydrogens is 1670 g/mol. The standard InChI is InChI=1S/C23H27F6N2O4S.C14H19N3O5S.C12H12F6NO2.6C4H9.2Sn/c1-34-13-35-21(22(24,25)26,23(27,28)29)15-6-4-5-14(11-15)9-10-16(32)7-2-3-8-18-19-17(12-36-18)30-20(33)31-19;18-10-5-6-11(19)17(10)22-12(20)4-2-1-3-9-13-8(7-23-9)15-14(21)16-13;1-20-7-21-10(11(13,14)15,12(16,17)18)9-4-2-3-8(5-9)6-19;6*1-3-4-2;;/h4-5,11,17-19H,2-3,7-10,12-13H2,1H3,(H2,30,31,33);8-9,13H,1-7H2,(H2,15,16,21);2-3,5H,6-7,19H2,1H3;6*1,3-4H2,2H3;;/t17-,18-,19-;8-,9-,13-;;;;;;;;;/m00........./s1. The van der Waals surface area contributed by atoms with Crippen LogP contribution >= 0.6 is 23.5 Å². The van der Waals surface area contributed by atoms with Crippen molar-refractivity contribution in [2.75, 3.05) is 39.3 Å². The van der Waals surface area contributed by atoms with Crippen molar-refractivity contribution in [1.29, 1.82) is 0 Å². The number of hydrogen-bond donors (Lipinski definition) is 5. The van der Waals surface area contributed by atoms with Gasteiger partial charge in [-0.05, 0) is 12.8 Å². The molecule has 0 aromatic heterocycles. The number of ketones is 1. The van der Waals surface area contributed by atoms with E-state index in [-0.39, 0.29) is 111 Å². The molecule has 5 fully saturated rings. The van der Waals surface area contributed by atoms with Gasteiger partial charge >= 0.3 is 468 Å². The average Bonchev–Trinajstić information content (AvgIpc) is 1.66. The maximum Gasteiger partial charge on any atom is 0.333 e. The van der Waals surface area contributed by atoms with Crippen molar-refractivity contribution in [3.8, 4) is 0 Å². The smallest absolute Gasteiger partial charge is 0.332 e. The zero-order chi connectivity index (χ0) is 78.7. The molecule has 0 radical (unpaired) electrons. The van der Waals surface area contributed by atoms with Crippen LogP contribution in [0.15, 0.2) is 36.4 Å². The van der Waals surface area contributed by atoms with E-state index < -0.39 is 115 Å². The van der Waals surface area contributed by atoms with Crippen molar-refractivity contribution in [1.82, 2.24) is 26.3 Å². The van der Waals surface area contributed by atoms with Gasteiger partial charge in [-0.2, -0.15) is 23.5 Å². The van der Waals surface area contributed by atoms with Crippen LogP contribution in [-0.4, -0.2) is 176 Å². The van der Waals surface area contributed by atoms with E-state index in [9.17, 15) is 55.1 Å². The topological polar surface area (TPSA) is 226 Å². The SMILES string of the molecule is CCC[CH2][Sn]([CH2]CCC)([CH2]CCC)[c]1ccc(CCC(=O)CCCC[C@@H]2SC[C@@H]3NC(=O)N[C@@H]32)cc1C(OCOC)(C(F)(F)F)C(F)(F)F.CCC[CH2][Sn]([CH2]CCC)([CH2]CCC)[c]1ccc(CN)cc1C(OCOC)(C(F)(F)F)C(F)(F)F.O=C1N[C@H]2[C@H](CS[C@H]2CCCCC(=O)ON2C(=O)CCC2=O)N1. The van der Waals surface area contributed by atoms with Crippen LogP contribution in [-0.2, 0) is 67.1 Å². The minimum Gasteiger partial charge on any atom is -0.332 e. The number of fused-ring (bicyclic) bond motifs is 2. The summed E-state index contributed by atoms with van der Waals surface area (Å²) in [7, 11) is 2.00. The number of unbranched alkanes of at least 4 members (excludes halogenated alkanes) is 8. The predicted octanol–water partition coefficient (Wildman–Crippen LogP) is 16.4. The van der Waals surface area contributed by atoms with Gasteiger partial charge in [0, 0.05) is 36.0 Å². The molecule has 5 aliphatic rings. The molecule has 2 aromatic rings. The van der Waals surface area contributed by atoms with Crippen LogP contribution in [0.1, 0.15) is 211 Å². The first-order chi connectivity index (χ1) is 50.1. The van der Waals surface area contributed by atoms with Gasteiger partial charge in [0.05, 0.1) is 24.2 Å². The van der Waals surface area contributed by atoms with E-state index in [0.29, 0.717) is 49.8 Å². The molecule has 7 rings (SSSR count). The van der Waals surface area contributed by atoms with Crippen LogP contribution in [0.25, 0.3) is 0 Å². The third-order valence-electron chi connectivity index (χ3n) is 20.8. The Morgan fingerprint density at radius 1 is 0.500 bits per heavy atom. The summed E-state index contributed by atoms with van der Waals surface area (Å²) in [4.78, 5) is 75.0. The zero-order valence-corrected chi connectivity index (χ0v) is 69.9. The number of amides is 6. The first-order valence-electron chi connectivity index (χ1n) is 37.6. The van der Waals surface area contributed by atoms with Gasteiger partial charge in [0.25, 0.3) is 11.8 Å². The Morgan fingerprint density at radius 2 is 0.858 bits per heavy atom. The number of thioether (sulfide) groups is 2. The van der Waals surface area contributed by atoms with Gasteiger partial charge in [-0.15, -0.1) is 5.06 Å². The molecule has 33 heteroatoms. The Hall–Kier alpha value is -3.48. The summed E-state index contributed by atoms with van der Waals surface area (Å²) in [5.74, 6) is 0.197. The normalized spacial score (nSPS) is 20.0. The van der Waals surface area contributed by atoms with Gasteiger partial charge in [0.15, 0.2) is 0 Å². The van der Waals surface area contributed by atoms with Crippen molar-refractivity contribution < 1.29 is 105 Å². The number of nitrogens with two attached hydrogens (primary N) is 1. The second-order valence-corrected chi connectivity index (χ2v) is 57.2. The van der Waals surface area contributed by atoms with Crippen molar-refractivity contribution >= 4 is 103 Å². The molecule has 6 N–H and O–H groups in total. The minimum absolute atomic E-state index is 0.0154. The molecule has 5 saturated heterocycles. The summed E-state index contributed by atoms with van der Waals surface area (Å²) in [6.45, 7) is 9.44. The predicted molar refractivity (Wildman–Crippen MR) is 392 cm³/mol. The van der Waals surface area contributed by atoms with Crippen LogP contribution in [0.4, 0.5) is 62.3 Å². The molecular formula is C73H112F12N6O11S2Sn2. The number of nitrogens with zero attached hydrogens (tertiary/aromatic N) is 1. The fraction of sp³-hybridized carbons (Fsp3) is 0.753. The number of hydrogen-bond acceptors (Lipinski definition) is 14. The Morgan fingerprint density at radius 3 is 1.21 bits per heavy atom. The first-order valence-corrected chi connectivity index (χ1v) is 54.7. The monoisotopic (exact) mass is 1780 g/mol. The number of nitrogens with one attached hydrogen (secondary N) is 4. The van der Waals surface area contributed by atoms with Gasteiger partial charge in [0.1, 0.15) is 0 Å². The molecule has 6 amide bonds. The fourth-order valence-corrected chi connectivity index (χ4v) is 51.9. The number of urea groups is 2. The average molecular weight is 1780 g/mol. The van der Waals surface area contributed by atoms with Crippen LogP contribution < -0.4 is 34.2 Å². The molecule has 0 unspecified atom stereocenters. The fourth-order valence-electron chi connectivity index (χ4n) is 15.1. The van der Waals surface area contributed by atoms with Crippen molar-refractivity contribution in [2.24, 2.45) is 5.73 Å². The van der Waals surface area contributed by atoms with Gasteiger partial charge < -0.3 is 26.1 Å². The Balaban J connectivity index is 0.000000306. The number of imide groups is 1. The number of alkyl halides is 12. The largest absolute Gasteiger partial charge is 0.333 e. The second-order valence-electron chi connectivity index (χ2n) is 28.4. The number of carbonyl (C=O) groups is 6. The molecule has 17 nitrogen and oxygen atoms in total. The Kier molecular flexibility index (Phi) is 38.2. The number of Topliss-reactive ketones (excluding diaryl/α,β-unsaturated/α-hetero) is 1. The molecule has 6 atom stereocenters. The maximum absolute atomic E-state index is 15.1. The van der Waals surface area contributed by atoms with Gasteiger partial charge in [0.2, 0.25) is 0 Å². The van der Waals surface area contributed by atoms with Crippen LogP contribution in [0, 0.1) is 0 Å². The van der Waals surface area contributed by atoms with Crippen molar-refractivity contribution in [3.63, 3.8) is 0 Å². The van der Waals surface area contributed by atoms with Crippen LogP contribution in [0.2, 0.25) is 26.6 Å². The Bertz CT molecular complexity index is 3030. The van der Waals surface area contributed by atoms with E-state index in [1.54, 1.807) is 23.9 Å². The van der Waals surface area contributed by atoms with E-state index in [1.165, 1.54) is 12.1 Å². The number of ether oxygens (including phenoxy) is 4. The summed E-state index contributed by atoms with van der Waals surface area (Å²) < 4.78 is 201. The van der Waals surface area contributed by atoms with E-state index in [4.69, 9.17) is 15.3 Å². The summed E-state index contributed by atoms with van der Waals surface area (Å²) >= 11 is -4.09. The number of carbonyl (C=O) groups excluding carboxylic acids is 6. The summed E-state index contributed by atoms with van der Waals surface area (Å²) in [6, 6.07) is 8.62. The van der Waals surface area contributed by atoms with E-state index in [0.717, 1.165) is 141 Å². The zero-order valence-electron chi connectivity index (χ0n) is 62.5. The van der Waals surface area contributed by atoms with E-state index >= 15 is 26.3 Å².